The molecule has 1 unspecified atom stereocenters. The van der Waals surface area contributed by atoms with E-state index in [1.807, 2.05) is 11.6 Å². The topological polar surface area (TPSA) is 70.4 Å². The first-order valence-corrected chi connectivity index (χ1v) is 9.60. The van der Waals surface area contributed by atoms with Gasteiger partial charge in [-0.15, -0.1) is 0 Å². The molecule has 2 aromatic rings. The fourth-order valence-electron chi connectivity index (χ4n) is 3.70. The van der Waals surface area contributed by atoms with Crippen LogP contribution in [0.1, 0.15) is 36.1 Å². The normalized spacial score (nSPS) is 19.3. The predicted octanol–water partition coefficient (Wildman–Crippen LogP) is 2.16. The van der Waals surface area contributed by atoms with E-state index in [1.165, 1.54) is 11.3 Å². The number of fused-ring (bicyclic) bond motifs is 1. The van der Waals surface area contributed by atoms with Gasteiger partial charge in [0.15, 0.2) is 5.96 Å². The number of guanidine groups is 1. The minimum atomic E-state index is 0.146. The van der Waals surface area contributed by atoms with Gasteiger partial charge in [0.2, 0.25) is 0 Å². The van der Waals surface area contributed by atoms with Crippen molar-refractivity contribution in [1.29, 1.82) is 0 Å². The van der Waals surface area contributed by atoms with Crippen LogP contribution in [0, 0.1) is 6.92 Å². The van der Waals surface area contributed by atoms with Gasteiger partial charge in [0.25, 0.3) is 0 Å². The number of aryl methyl sites for hydroxylation is 2. The van der Waals surface area contributed by atoms with Crippen LogP contribution in [0.25, 0.3) is 0 Å². The summed E-state index contributed by atoms with van der Waals surface area (Å²) in [6, 6.07) is 8.82. The average molecular weight is 365 g/mol. The van der Waals surface area contributed by atoms with Gasteiger partial charge in [0, 0.05) is 38.9 Å². The Hall–Kier alpha value is -2.83. The SMILES string of the molecule is CN=C(NCc1cccc(N2CC=CC2)c1)NC1CCCn2nc(C)nc21. The van der Waals surface area contributed by atoms with Gasteiger partial charge in [0.1, 0.15) is 11.6 Å². The molecule has 7 heteroatoms. The Morgan fingerprint density at radius 2 is 2.15 bits per heavy atom. The van der Waals surface area contributed by atoms with Gasteiger partial charge in [-0.3, -0.25) is 4.99 Å². The lowest BCUT2D eigenvalue weighted by Crippen LogP contribution is -2.41. The van der Waals surface area contributed by atoms with Crippen LogP contribution in [-0.4, -0.2) is 40.9 Å². The third-order valence-electron chi connectivity index (χ3n) is 5.07. The lowest BCUT2D eigenvalue weighted by molar-refractivity contribution is 0.397. The summed E-state index contributed by atoms with van der Waals surface area (Å²) in [6.45, 7) is 5.59. The molecule has 0 aliphatic carbocycles. The maximum atomic E-state index is 4.59. The molecule has 2 aliphatic rings. The molecule has 0 radical (unpaired) electrons. The Kier molecular flexibility index (Phi) is 5.09. The molecule has 1 atom stereocenters. The summed E-state index contributed by atoms with van der Waals surface area (Å²) in [5.74, 6) is 2.63. The number of benzene rings is 1. The number of rotatable bonds is 4. The van der Waals surface area contributed by atoms with Crippen LogP contribution in [0.2, 0.25) is 0 Å². The monoisotopic (exact) mass is 365 g/mol. The molecule has 0 amide bonds. The highest BCUT2D eigenvalue weighted by Crippen LogP contribution is 2.23. The van der Waals surface area contributed by atoms with Gasteiger partial charge < -0.3 is 15.5 Å². The zero-order valence-corrected chi connectivity index (χ0v) is 16.0. The summed E-state index contributed by atoms with van der Waals surface area (Å²) in [5.41, 5.74) is 2.50. The third-order valence-corrected chi connectivity index (χ3v) is 5.07. The van der Waals surface area contributed by atoms with Crippen molar-refractivity contribution in [3.8, 4) is 0 Å². The largest absolute Gasteiger partial charge is 0.364 e. The fourth-order valence-corrected chi connectivity index (χ4v) is 3.70. The molecule has 7 nitrogen and oxygen atoms in total. The van der Waals surface area contributed by atoms with Crippen LogP contribution in [0.5, 0.6) is 0 Å². The lowest BCUT2D eigenvalue weighted by Gasteiger charge is -2.25. The van der Waals surface area contributed by atoms with Gasteiger partial charge in [-0.25, -0.2) is 9.67 Å². The summed E-state index contributed by atoms with van der Waals surface area (Å²) in [6.07, 6.45) is 6.55. The molecule has 2 N–H and O–H groups in total. The molecule has 2 aliphatic heterocycles. The number of nitrogens with one attached hydrogen (secondary N) is 2. The second-order valence-corrected chi connectivity index (χ2v) is 7.05. The average Bonchev–Trinajstić information content (AvgIpc) is 3.34. The summed E-state index contributed by atoms with van der Waals surface area (Å²) in [5, 5.41) is 11.4. The Morgan fingerprint density at radius 3 is 2.96 bits per heavy atom. The minimum absolute atomic E-state index is 0.146. The second kappa shape index (κ2) is 7.82. The van der Waals surface area contributed by atoms with E-state index in [2.05, 4.69) is 67.0 Å². The smallest absolute Gasteiger partial charge is 0.191 e. The highest BCUT2D eigenvalue weighted by atomic mass is 15.4. The first-order chi connectivity index (χ1) is 13.2. The van der Waals surface area contributed by atoms with Crippen molar-refractivity contribution in [1.82, 2.24) is 25.4 Å². The molecule has 27 heavy (non-hydrogen) atoms. The Morgan fingerprint density at radius 1 is 1.30 bits per heavy atom. The maximum Gasteiger partial charge on any atom is 0.191 e. The van der Waals surface area contributed by atoms with Gasteiger partial charge in [-0.1, -0.05) is 24.3 Å². The number of aliphatic imine (C=N–C) groups is 1. The maximum absolute atomic E-state index is 4.59. The van der Waals surface area contributed by atoms with Crippen molar-refractivity contribution in [3.63, 3.8) is 0 Å². The molecule has 0 fully saturated rings. The molecular weight excluding hydrogens is 338 g/mol. The number of nitrogens with zero attached hydrogens (tertiary/aromatic N) is 5. The van der Waals surface area contributed by atoms with Crippen molar-refractivity contribution in [3.05, 3.63) is 53.6 Å². The summed E-state index contributed by atoms with van der Waals surface area (Å²) < 4.78 is 2.01. The third kappa shape index (κ3) is 3.97. The van der Waals surface area contributed by atoms with Crippen molar-refractivity contribution in [2.45, 2.75) is 38.9 Å². The molecule has 142 valence electrons. The van der Waals surface area contributed by atoms with E-state index in [9.17, 15) is 0 Å². The molecule has 1 aromatic heterocycles. The predicted molar refractivity (Wildman–Crippen MR) is 108 cm³/mol. The van der Waals surface area contributed by atoms with Gasteiger partial charge >= 0.3 is 0 Å². The van der Waals surface area contributed by atoms with E-state index in [0.29, 0.717) is 0 Å². The van der Waals surface area contributed by atoms with Crippen LogP contribution in [-0.2, 0) is 13.1 Å². The Bertz CT molecular complexity index is 844. The second-order valence-electron chi connectivity index (χ2n) is 7.05. The lowest BCUT2D eigenvalue weighted by atomic mass is 10.1. The number of hydrogen-bond donors (Lipinski definition) is 2. The quantitative estimate of drug-likeness (QED) is 0.494. The van der Waals surface area contributed by atoms with Crippen LogP contribution in [0.4, 0.5) is 5.69 Å². The van der Waals surface area contributed by atoms with Crippen LogP contribution in [0.15, 0.2) is 41.4 Å². The van der Waals surface area contributed by atoms with E-state index >= 15 is 0 Å². The van der Waals surface area contributed by atoms with Crippen molar-refractivity contribution in [2.24, 2.45) is 4.99 Å². The van der Waals surface area contributed by atoms with Crippen molar-refractivity contribution >= 4 is 11.6 Å². The van der Waals surface area contributed by atoms with Gasteiger partial charge in [-0.05, 0) is 37.5 Å². The fraction of sp³-hybridized carbons (Fsp3) is 0.450. The van der Waals surface area contributed by atoms with Crippen LogP contribution in [0.3, 0.4) is 0 Å². The number of hydrogen-bond acceptors (Lipinski definition) is 4. The highest BCUT2D eigenvalue weighted by Gasteiger charge is 2.24. The molecule has 4 rings (SSSR count). The summed E-state index contributed by atoms with van der Waals surface area (Å²) >= 11 is 0. The van der Waals surface area contributed by atoms with Gasteiger partial charge in [0.05, 0.1) is 6.04 Å². The minimum Gasteiger partial charge on any atom is -0.364 e. The highest BCUT2D eigenvalue weighted by molar-refractivity contribution is 5.80. The zero-order chi connectivity index (χ0) is 18.6. The standard InChI is InChI=1S/C20H27N7/c1-15-23-19-18(9-6-12-27(19)25-15)24-20(21-2)22-14-16-7-5-8-17(13-16)26-10-3-4-11-26/h3-5,7-8,13,18H,6,9-12,14H2,1-2H3,(H2,21,22,24). The van der Waals surface area contributed by atoms with E-state index in [-0.39, 0.29) is 6.04 Å². The van der Waals surface area contributed by atoms with E-state index in [4.69, 9.17) is 0 Å². The zero-order valence-electron chi connectivity index (χ0n) is 16.0. The Labute approximate surface area is 160 Å². The molecular formula is C20H27N7. The molecule has 3 heterocycles. The van der Waals surface area contributed by atoms with Crippen LogP contribution < -0.4 is 15.5 Å². The van der Waals surface area contributed by atoms with E-state index in [0.717, 1.165) is 56.6 Å². The first-order valence-electron chi connectivity index (χ1n) is 9.60. The van der Waals surface area contributed by atoms with E-state index in [1.54, 1.807) is 7.05 Å². The summed E-state index contributed by atoms with van der Waals surface area (Å²) in [4.78, 5) is 11.3. The number of anilines is 1. The van der Waals surface area contributed by atoms with Crippen molar-refractivity contribution in [2.75, 3.05) is 25.0 Å². The molecule has 0 saturated heterocycles. The summed E-state index contributed by atoms with van der Waals surface area (Å²) in [7, 11) is 1.81. The number of aromatic nitrogens is 3. The van der Waals surface area contributed by atoms with E-state index < -0.39 is 0 Å². The molecule has 0 bridgehead atoms. The molecule has 0 spiro atoms. The molecule has 1 aromatic carbocycles. The first kappa shape index (κ1) is 17.6. The van der Waals surface area contributed by atoms with Gasteiger partial charge in [-0.2, -0.15) is 5.10 Å². The van der Waals surface area contributed by atoms with Crippen LogP contribution >= 0.6 is 0 Å². The Balaban J connectivity index is 1.38. The van der Waals surface area contributed by atoms with Crippen molar-refractivity contribution < 1.29 is 0 Å². The molecule has 0 saturated carbocycles.